The largest absolute Gasteiger partial charge is 0.448 e. The number of hydrogen-bond acceptors (Lipinski definition) is 6. The van der Waals surface area contributed by atoms with Gasteiger partial charge in [0.25, 0.3) is 11.6 Å². The van der Waals surface area contributed by atoms with Crippen molar-refractivity contribution in [2.75, 3.05) is 6.54 Å². The fourth-order valence-corrected chi connectivity index (χ4v) is 3.56. The van der Waals surface area contributed by atoms with E-state index < -0.39 is 17.0 Å². The fraction of sp³-hybridized carbons (Fsp3) is 0.200. The number of esters is 1. The number of benzene rings is 2. The minimum absolute atomic E-state index is 0.0450. The molecule has 0 aliphatic rings. The van der Waals surface area contributed by atoms with Gasteiger partial charge >= 0.3 is 5.97 Å². The van der Waals surface area contributed by atoms with Crippen LogP contribution in [0.25, 0.3) is 10.1 Å². The molecule has 1 aromatic heterocycles. The molecule has 2 aromatic carbocycles. The summed E-state index contributed by atoms with van der Waals surface area (Å²) >= 11 is 1.17. The first kappa shape index (κ1) is 19.5. The third kappa shape index (κ3) is 4.72. The molecule has 1 atom stereocenters. The molecule has 8 heteroatoms. The monoisotopic (exact) mass is 398 g/mol. The topological polar surface area (TPSA) is 98.5 Å². The van der Waals surface area contributed by atoms with Crippen molar-refractivity contribution in [2.45, 2.75) is 19.4 Å². The van der Waals surface area contributed by atoms with E-state index in [0.717, 1.165) is 10.3 Å². The minimum atomic E-state index is -0.942. The van der Waals surface area contributed by atoms with Crippen molar-refractivity contribution in [3.8, 4) is 0 Å². The zero-order valence-corrected chi connectivity index (χ0v) is 15.9. The number of nitro benzene ring substituents is 1. The van der Waals surface area contributed by atoms with E-state index in [4.69, 9.17) is 4.74 Å². The van der Waals surface area contributed by atoms with Gasteiger partial charge in [-0.15, -0.1) is 11.3 Å². The van der Waals surface area contributed by atoms with Crippen LogP contribution >= 0.6 is 11.3 Å². The average molecular weight is 398 g/mol. The van der Waals surface area contributed by atoms with Gasteiger partial charge in [-0.1, -0.05) is 30.3 Å². The third-order valence-corrected chi connectivity index (χ3v) is 5.22. The Morgan fingerprint density at radius 3 is 2.64 bits per heavy atom. The standard InChI is InChI=1S/C20H18N2O5S/c1-13(19(23)21-10-9-14-5-3-2-4-6-14)27-20(24)18-12-15-11-16(22(25)26)7-8-17(15)28-18/h2-8,11-13H,9-10H2,1H3,(H,21,23)/t13-/m1/s1. The fourth-order valence-electron chi connectivity index (χ4n) is 2.64. The molecular formula is C20H18N2O5S. The second kappa shape index (κ2) is 8.62. The van der Waals surface area contributed by atoms with Crippen LogP contribution < -0.4 is 5.32 Å². The maximum absolute atomic E-state index is 12.3. The summed E-state index contributed by atoms with van der Waals surface area (Å²) in [5.74, 6) is -1.00. The number of ether oxygens (including phenoxy) is 1. The third-order valence-electron chi connectivity index (χ3n) is 4.12. The molecule has 0 saturated heterocycles. The SMILES string of the molecule is C[C@@H](OC(=O)c1cc2cc([N+](=O)[O-])ccc2s1)C(=O)NCCc1ccccc1. The Hall–Kier alpha value is -3.26. The molecule has 28 heavy (non-hydrogen) atoms. The molecule has 0 bridgehead atoms. The molecule has 0 fully saturated rings. The van der Waals surface area contributed by atoms with Gasteiger partial charge in [0.05, 0.1) is 4.92 Å². The molecule has 0 saturated carbocycles. The van der Waals surface area contributed by atoms with Gasteiger partial charge in [-0.3, -0.25) is 14.9 Å². The number of non-ortho nitro benzene ring substituents is 1. The van der Waals surface area contributed by atoms with Crippen molar-refractivity contribution < 1.29 is 19.2 Å². The summed E-state index contributed by atoms with van der Waals surface area (Å²) in [6.07, 6.45) is -0.259. The van der Waals surface area contributed by atoms with E-state index >= 15 is 0 Å². The first-order valence-electron chi connectivity index (χ1n) is 8.64. The predicted molar refractivity (Wildman–Crippen MR) is 107 cm³/mol. The second-order valence-corrected chi connectivity index (χ2v) is 7.25. The lowest BCUT2D eigenvalue weighted by Crippen LogP contribution is -2.36. The van der Waals surface area contributed by atoms with Crippen LogP contribution in [0.1, 0.15) is 22.2 Å². The molecule has 144 valence electrons. The van der Waals surface area contributed by atoms with Crippen LogP contribution in [0, 0.1) is 10.1 Å². The van der Waals surface area contributed by atoms with Crippen LogP contribution in [0.3, 0.4) is 0 Å². The number of nitrogens with zero attached hydrogens (tertiary/aromatic N) is 1. The Balaban J connectivity index is 1.56. The number of hydrogen-bond donors (Lipinski definition) is 1. The number of amides is 1. The van der Waals surface area contributed by atoms with Gasteiger partial charge in [0.2, 0.25) is 0 Å². The molecule has 0 unspecified atom stereocenters. The van der Waals surface area contributed by atoms with Gasteiger partial charge in [0.1, 0.15) is 4.88 Å². The van der Waals surface area contributed by atoms with E-state index in [-0.39, 0.29) is 11.6 Å². The van der Waals surface area contributed by atoms with E-state index in [1.807, 2.05) is 30.3 Å². The maximum atomic E-state index is 12.3. The minimum Gasteiger partial charge on any atom is -0.448 e. The summed E-state index contributed by atoms with van der Waals surface area (Å²) in [4.78, 5) is 35.1. The predicted octanol–water partition coefficient (Wildman–Crippen LogP) is 3.71. The number of carbonyl (C=O) groups is 2. The Kier molecular flexibility index (Phi) is 6.00. The van der Waals surface area contributed by atoms with E-state index in [0.29, 0.717) is 23.2 Å². The zero-order valence-electron chi connectivity index (χ0n) is 15.1. The Labute approximate surface area is 165 Å². The van der Waals surface area contributed by atoms with Crippen LogP contribution in [-0.4, -0.2) is 29.4 Å². The van der Waals surface area contributed by atoms with E-state index in [9.17, 15) is 19.7 Å². The number of rotatable bonds is 7. The van der Waals surface area contributed by atoms with Gasteiger partial charge in [0, 0.05) is 28.8 Å². The maximum Gasteiger partial charge on any atom is 0.349 e. The highest BCUT2D eigenvalue weighted by molar-refractivity contribution is 7.20. The van der Waals surface area contributed by atoms with Crippen LogP contribution in [0.2, 0.25) is 0 Å². The van der Waals surface area contributed by atoms with Crippen LogP contribution in [0.5, 0.6) is 0 Å². The van der Waals surface area contributed by atoms with Crippen molar-refractivity contribution in [3.05, 3.63) is 75.2 Å². The summed E-state index contributed by atoms with van der Waals surface area (Å²) in [7, 11) is 0. The smallest absolute Gasteiger partial charge is 0.349 e. The summed E-state index contributed by atoms with van der Waals surface area (Å²) in [5.41, 5.74) is 1.06. The number of thiophene rings is 1. The van der Waals surface area contributed by atoms with Crippen molar-refractivity contribution in [2.24, 2.45) is 0 Å². The molecule has 0 radical (unpaired) electrons. The summed E-state index contributed by atoms with van der Waals surface area (Å²) in [6, 6.07) is 15.7. The highest BCUT2D eigenvalue weighted by Crippen LogP contribution is 2.29. The number of nitrogens with one attached hydrogen (secondary N) is 1. The molecule has 0 spiro atoms. The average Bonchev–Trinajstić information content (AvgIpc) is 3.12. The molecular weight excluding hydrogens is 380 g/mol. The Bertz CT molecular complexity index is 1020. The molecule has 3 rings (SSSR count). The second-order valence-electron chi connectivity index (χ2n) is 6.16. The summed E-state index contributed by atoms with van der Waals surface area (Å²) in [6.45, 7) is 1.95. The lowest BCUT2D eigenvalue weighted by atomic mass is 10.1. The quantitative estimate of drug-likeness (QED) is 0.372. The van der Waals surface area contributed by atoms with Gasteiger partial charge < -0.3 is 10.1 Å². The lowest BCUT2D eigenvalue weighted by molar-refractivity contribution is -0.384. The first-order chi connectivity index (χ1) is 13.4. The molecule has 0 aliphatic carbocycles. The van der Waals surface area contributed by atoms with Crippen LogP contribution in [0.15, 0.2) is 54.6 Å². The first-order valence-corrected chi connectivity index (χ1v) is 9.46. The van der Waals surface area contributed by atoms with Crippen LogP contribution in [0.4, 0.5) is 5.69 Å². The van der Waals surface area contributed by atoms with Gasteiger partial charge in [-0.05, 0) is 31.0 Å². The van der Waals surface area contributed by atoms with Crippen molar-refractivity contribution in [1.29, 1.82) is 0 Å². The summed E-state index contributed by atoms with van der Waals surface area (Å²) < 4.78 is 5.97. The highest BCUT2D eigenvalue weighted by atomic mass is 32.1. The number of nitro groups is 1. The Morgan fingerprint density at radius 1 is 1.18 bits per heavy atom. The van der Waals surface area contributed by atoms with E-state index in [1.165, 1.54) is 36.5 Å². The van der Waals surface area contributed by atoms with Crippen molar-refractivity contribution in [3.63, 3.8) is 0 Å². The van der Waals surface area contributed by atoms with Gasteiger partial charge in [0.15, 0.2) is 6.10 Å². The van der Waals surface area contributed by atoms with Gasteiger partial charge in [-0.25, -0.2) is 4.79 Å². The van der Waals surface area contributed by atoms with Crippen molar-refractivity contribution in [1.82, 2.24) is 5.32 Å². The van der Waals surface area contributed by atoms with E-state index in [1.54, 1.807) is 6.07 Å². The van der Waals surface area contributed by atoms with E-state index in [2.05, 4.69) is 5.32 Å². The molecule has 1 N–H and O–H groups in total. The Morgan fingerprint density at radius 2 is 1.93 bits per heavy atom. The van der Waals surface area contributed by atoms with Crippen molar-refractivity contribution >= 4 is 39.0 Å². The number of carbonyl (C=O) groups excluding carboxylic acids is 2. The molecule has 1 amide bonds. The highest BCUT2D eigenvalue weighted by Gasteiger charge is 2.20. The lowest BCUT2D eigenvalue weighted by Gasteiger charge is -2.13. The van der Waals surface area contributed by atoms with Gasteiger partial charge in [-0.2, -0.15) is 0 Å². The number of fused-ring (bicyclic) bond motifs is 1. The molecule has 7 nitrogen and oxygen atoms in total. The molecule has 0 aliphatic heterocycles. The molecule has 3 aromatic rings. The normalized spacial score (nSPS) is 11.8. The summed E-state index contributed by atoms with van der Waals surface area (Å²) in [5, 5.41) is 14.2. The zero-order chi connectivity index (χ0) is 20.1. The molecule has 1 heterocycles. The van der Waals surface area contributed by atoms with Crippen LogP contribution in [-0.2, 0) is 16.0 Å².